The number of nitrogens with zero attached hydrogens (tertiary/aromatic N) is 1. The van der Waals surface area contributed by atoms with Crippen LogP contribution in [0.2, 0.25) is 0 Å². The predicted molar refractivity (Wildman–Crippen MR) is 69.8 cm³/mol. The predicted octanol–water partition coefficient (Wildman–Crippen LogP) is 2.62. The molecule has 0 amide bonds. The Morgan fingerprint density at radius 3 is 2.88 bits per heavy atom. The van der Waals surface area contributed by atoms with Crippen molar-refractivity contribution in [3.8, 4) is 5.75 Å². The molecule has 0 radical (unpaired) electrons. The quantitative estimate of drug-likeness (QED) is 0.852. The van der Waals surface area contributed by atoms with E-state index < -0.39 is 0 Å². The van der Waals surface area contributed by atoms with Gasteiger partial charge in [0.2, 0.25) is 0 Å². The fraction of sp³-hybridized carbons (Fsp3) is 0.500. The topological polar surface area (TPSA) is 48.1 Å². The summed E-state index contributed by atoms with van der Waals surface area (Å²) < 4.78 is 5.36. The fourth-order valence-corrected chi connectivity index (χ4v) is 2.56. The van der Waals surface area contributed by atoms with Crippen LogP contribution in [0, 0.1) is 5.41 Å². The first-order valence-electron chi connectivity index (χ1n) is 5.97. The summed E-state index contributed by atoms with van der Waals surface area (Å²) >= 11 is 0. The zero-order valence-electron chi connectivity index (χ0n) is 10.7. The van der Waals surface area contributed by atoms with E-state index in [0.29, 0.717) is 0 Å². The van der Waals surface area contributed by atoms with Gasteiger partial charge in [0, 0.05) is 12.2 Å². The van der Waals surface area contributed by atoms with Crippen LogP contribution in [0.5, 0.6) is 5.75 Å². The molecular weight excluding hydrogens is 212 g/mol. The third-order valence-corrected chi connectivity index (χ3v) is 3.17. The van der Waals surface area contributed by atoms with Crippen molar-refractivity contribution in [1.82, 2.24) is 4.98 Å². The van der Waals surface area contributed by atoms with E-state index in [1.165, 1.54) is 5.57 Å². The molecule has 1 atom stereocenters. The van der Waals surface area contributed by atoms with Gasteiger partial charge >= 0.3 is 0 Å². The highest BCUT2D eigenvalue weighted by molar-refractivity contribution is 5.69. The first-order valence-corrected chi connectivity index (χ1v) is 5.97. The lowest BCUT2D eigenvalue weighted by Gasteiger charge is -2.33. The molecular formula is C14H20N2O. The molecule has 3 nitrogen and oxygen atoms in total. The third kappa shape index (κ3) is 2.67. The molecule has 1 aliphatic rings. The second-order valence-electron chi connectivity index (χ2n) is 5.46. The number of pyridine rings is 1. The van der Waals surface area contributed by atoms with E-state index in [-0.39, 0.29) is 11.5 Å². The molecule has 2 rings (SSSR count). The number of allylic oxidation sites excluding steroid dienone is 1. The number of methoxy groups -OCH3 is 1. The highest BCUT2D eigenvalue weighted by atomic mass is 16.5. The monoisotopic (exact) mass is 232 g/mol. The van der Waals surface area contributed by atoms with Gasteiger partial charge in [-0.25, -0.2) is 0 Å². The lowest BCUT2D eigenvalue weighted by atomic mass is 9.74. The van der Waals surface area contributed by atoms with Gasteiger partial charge in [-0.15, -0.1) is 0 Å². The van der Waals surface area contributed by atoms with Crippen LogP contribution in [-0.4, -0.2) is 18.1 Å². The van der Waals surface area contributed by atoms with Gasteiger partial charge in [0.1, 0.15) is 11.4 Å². The summed E-state index contributed by atoms with van der Waals surface area (Å²) in [5.41, 5.74) is 8.44. The van der Waals surface area contributed by atoms with Crippen molar-refractivity contribution in [2.24, 2.45) is 11.1 Å². The van der Waals surface area contributed by atoms with Gasteiger partial charge in [0.05, 0.1) is 7.11 Å². The molecule has 0 saturated carbocycles. The minimum absolute atomic E-state index is 0.112. The maximum absolute atomic E-state index is 6.08. The average molecular weight is 232 g/mol. The number of hydrogen-bond donors (Lipinski definition) is 1. The van der Waals surface area contributed by atoms with Crippen molar-refractivity contribution in [2.75, 3.05) is 7.11 Å². The summed E-state index contributed by atoms with van der Waals surface area (Å²) in [6.07, 6.45) is 5.93. The number of aromatic nitrogens is 1. The Kier molecular flexibility index (Phi) is 3.20. The molecule has 2 N–H and O–H groups in total. The molecule has 3 heteroatoms. The van der Waals surface area contributed by atoms with Crippen molar-refractivity contribution < 1.29 is 4.74 Å². The molecule has 1 aromatic heterocycles. The molecule has 1 aromatic rings. The highest BCUT2D eigenvalue weighted by Crippen LogP contribution is 2.40. The zero-order chi connectivity index (χ0) is 12.5. The van der Waals surface area contributed by atoms with Gasteiger partial charge < -0.3 is 10.5 Å². The van der Waals surface area contributed by atoms with Crippen LogP contribution in [0.4, 0.5) is 0 Å². The van der Waals surface area contributed by atoms with E-state index in [1.807, 2.05) is 12.1 Å². The molecule has 92 valence electrons. The van der Waals surface area contributed by atoms with Crippen molar-refractivity contribution in [3.05, 3.63) is 30.1 Å². The Morgan fingerprint density at radius 1 is 1.47 bits per heavy atom. The Labute approximate surface area is 103 Å². The van der Waals surface area contributed by atoms with Gasteiger partial charge in [-0.1, -0.05) is 19.9 Å². The van der Waals surface area contributed by atoms with Crippen LogP contribution in [0.3, 0.4) is 0 Å². The molecule has 1 aliphatic carbocycles. The van der Waals surface area contributed by atoms with E-state index in [1.54, 1.807) is 13.3 Å². The molecule has 17 heavy (non-hydrogen) atoms. The molecule has 0 saturated heterocycles. The molecule has 0 aromatic carbocycles. The van der Waals surface area contributed by atoms with Crippen molar-refractivity contribution in [2.45, 2.75) is 32.7 Å². The van der Waals surface area contributed by atoms with E-state index in [4.69, 9.17) is 10.5 Å². The van der Waals surface area contributed by atoms with Crippen molar-refractivity contribution >= 4 is 5.57 Å². The van der Waals surface area contributed by atoms with Crippen LogP contribution < -0.4 is 10.5 Å². The van der Waals surface area contributed by atoms with Crippen LogP contribution in [0.15, 0.2) is 24.4 Å². The summed E-state index contributed by atoms with van der Waals surface area (Å²) in [7, 11) is 1.68. The van der Waals surface area contributed by atoms with E-state index >= 15 is 0 Å². The van der Waals surface area contributed by atoms with Crippen LogP contribution >= 0.6 is 0 Å². The minimum Gasteiger partial charge on any atom is -0.494 e. The minimum atomic E-state index is 0.112. The molecule has 1 heterocycles. The number of hydrogen-bond acceptors (Lipinski definition) is 3. The third-order valence-electron chi connectivity index (χ3n) is 3.17. The summed E-state index contributed by atoms with van der Waals surface area (Å²) in [4.78, 5) is 4.42. The Morgan fingerprint density at radius 2 is 2.24 bits per heavy atom. The van der Waals surface area contributed by atoms with Crippen LogP contribution in [0.1, 0.15) is 32.4 Å². The smallest absolute Gasteiger partial charge is 0.144 e. The van der Waals surface area contributed by atoms with E-state index in [0.717, 1.165) is 24.3 Å². The fourth-order valence-electron chi connectivity index (χ4n) is 2.56. The first-order chi connectivity index (χ1) is 8.02. The lowest BCUT2D eigenvalue weighted by Crippen LogP contribution is -2.30. The molecule has 0 fully saturated rings. The number of rotatable bonds is 2. The second kappa shape index (κ2) is 4.49. The van der Waals surface area contributed by atoms with E-state index in [9.17, 15) is 0 Å². The van der Waals surface area contributed by atoms with Gasteiger partial charge in [0.15, 0.2) is 0 Å². The van der Waals surface area contributed by atoms with E-state index in [2.05, 4.69) is 24.9 Å². The molecule has 1 unspecified atom stereocenters. The largest absolute Gasteiger partial charge is 0.494 e. The maximum atomic E-state index is 6.08. The summed E-state index contributed by atoms with van der Waals surface area (Å²) in [6, 6.07) is 3.94. The van der Waals surface area contributed by atoms with Crippen molar-refractivity contribution in [1.29, 1.82) is 0 Å². The maximum Gasteiger partial charge on any atom is 0.144 e. The SMILES string of the molecule is COc1cccnc1C1=CC(N)CC(C)(C)C1. The average Bonchev–Trinajstić information content (AvgIpc) is 2.26. The van der Waals surface area contributed by atoms with Crippen molar-refractivity contribution in [3.63, 3.8) is 0 Å². The lowest BCUT2D eigenvalue weighted by molar-refractivity contribution is 0.317. The Hall–Kier alpha value is -1.35. The molecule has 0 aliphatic heterocycles. The van der Waals surface area contributed by atoms with Crippen LogP contribution in [0.25, 0.3) is 5.57 Å². The van der Waals surface area contributed by atoms with Crippen LogP contribution in [-0.2, 0) is 0 Å². The first kappa shape index (κ1) is 12.1. The Bertz CT molecular complexity index is 438. The van der Waals surface area contributed by atoms with Gasteiger partial charge in [0.25, 0.3) is 0 Å². The zero-order valence-corrected chi connectivity index (χ0v) is 10.7. The Balaban J connectivity index is 2.39. The highest BCUT2D eigenvalue weighted by Gasteiger charge is 2.28. The standard InChI is InChI=1S/C14H20N2O/c1-14(2)8-10(7-11(15)9-14)13-12(17-3)5-4-6-16-13/h4-7,11H,8-9,15H2,1-3H3. The van der Waals surface area contributed by atoms with Gasteiger partial charge in [-0.05, 0) is 36.0 Å². The molecule has 0 spiro atoms. The number of ether oxygens (including phenoxy) is 1. The summed E-state index contributed by atoms with van der Waals surface area (Å²) in [6.45, 7) is 4.49. The normalized spacial score (nSPS) is 23.1. The summed E-state index contributed by atoms with van der Waals surface area (Å²) in [5, 5.41) is 0. The van der Waals surface area contributed by atoms with Gasteiger partial charge in [-0.3, -0.25) is 4.98 Å². The molecule has 0 bridgehead atoms. The van der Waals surface area contributed by atoms with Gasteiger partial charge in [-0.2, -0.15) is 0 Å². The number of nitrogens with two attached hydrogens (primary N) is 1. The summed E-state index contributed by atoms with van der Waals surface area (Å²) in [5.74, 6) is 0.823. The second-order valence-corrected chi connectivity index (χ2v) is 5.46.